The average molecular weight is 331 g/mol. The van der Waals surface area contributed by atoms with Crippen LogP contribution < -0.4 is 11.1 Å². The van der Waals surface area contributed by atoms with Crippen LogP contribution in [-0.4, -0.2) is 28.5 Å². The van der Waals surface area contributed by atoms with Gasteiger partial charge in [0.2, 0.25) is 5.91 Å². The topological polar surface area (TPSA) is 58.4 Å². The van der Waals surface area contributed by atoms with E-state index in [1.165, 1.54) is 12.1 Å². The first-order valence-electron chi connectivity index (χ1n) is 6.83. The third kappa shape index (κ3) is 3.88. The Bertz CT molecular complexity index is 577. The highest BCUT2D eigenvalue weighted by Crippen LogP contribution is 2.30. The van der Waals surface area contributed by atoms with Crippen molar-refractivity contribution < 1.29 is 18.0 Å². The van der Waals surface area contributed by atoms with Gasteiger partial charge in [0.25, 0.3) is 0 Å². The van der Waals surface area contributed by atoms with E-state index in [0.29, 0.717) is 13.0 Å². The lowest BCUT2D eigenvalue weighted by molar-refractivity contribution is -0.137. The van der Waals surface area contributed by atoms with Crippen molar-refractivity contribution >= 4 is 28.9 Å². The van der Waals surface area contributed by atoms with Crippen LogP contribution in [0.1, 0.15) is 24.8 Å². The molecule has 120 valence electrons. The van der Waals surface area contributed by atoms with Gasteiger partial charge in [-0.1, -0.05) is 6.07 Å². The molecule has 0 aliphatic carbocycles. The molecule has 2 rings (SSSR count). The lowest BCUT2D eigenvalue weighted by atomic mass is 10.0. The number of halogens is 3. The Morgan fingerprint density at radius 3 is 2.73 bits per heavy atom. The highest BCUT2D eigenvalue weighted by molar-refractivity contribution is 7.80. The molecule has 1 saturated heterocycles. The number of alkyl halides is 3. The van der Waals surface area contributed by atoms with E-state index in [9.17, 15) is 18.0 Å². The zero-order valence-corrected chi connectivity index (χ0v) is 12.5. The molecule has 4 nitrogen and oxygen atoms in total. The number of likely N-dealkylation sites (tertiary alicyclic amines) is 1. The summed E-state index contributed by atoms with van der Waals surface area (Å²) in [6.45, 7) is 0.554. The molecule has 0 unspecified atom stereocenters. The largest absolute Gasteiger partial charge is 0.416 e. The predicted octanol–water partition coefficient (Wildman–Crippen LogP) is 2.74. The van der Waals surface area contributed by atoms with E-state index in [-0.39, 0.29) is 10.8 Å². The SMILES string of the molecule is NC(=O)[C@@H]1CCCCN1C(=S)Nc1cccc(C(F)(F)F)c1. The molecule has 1 amide bonds. The van der Waals surface area contributed by atoms with Crippen molar-refractivity contribution in [1.29, 1.82) is 0 Å². The number of hydrogen-bond acceptors (Lipinski definition) is 2. The molecule has 0 spiro atoms. The van der Waals surface area contributed by atoms with Crippen LogP contribution in [0.15, 0.2) is 24.3 Å². The summed E-state index contributed by atoms with van der Waals surface area (Å²) < 4.78 is 38.1. The van der Waals surface area contributed by atoms with Gasteiger partial charge in [0.15, 0.2) is 5.11 Å². The molecule has 8 heteroatoms. The van der Waals surface area contributed by atoms with Gasteiger partial charge in [-0.2, -0.15) is 13.2 Å². The van der Waals surface area contributed by atoms with Gasteiger partial charge in [-0.15, -0.1) is 0 Å². The highest BCUT2D eigenvalue weighted by Gasteiger charge is 2.31. The van der Waals surface area contributed by atoms with Gasteiger partial charge in [-0.05, 0) is 49.7 Å². The summed E-state index contributed by atoms with van der Waals surface area (Å²) in [6.07, 6.45) is -2.09. The third-order valence-corrected chi connectivity index (χ3v) is 3.87. The van der Waals surface area contributed by atoms with Crippen molar-refractivity contribution in [2.75, 3.05) is 11.9 Å². The normalized spacial score (nSPS) is 18.9. The standard InChI is InChI=1S/C14H16F3N3OS/c15-14(16,17)9-4-3-5-10(8-9)19-13(22)20-7-2-1-6-11(20)12(18)21/h3-5,8,11H,1-2,6-7H2,(H2,18,21)(H,19,22)/t11-/m0/s1. The Hall–Kier alpha value is -1.83. The van der Waals surface area contributed by atoms with E-state index in [1.54, 1.807) is 4.90 Å². The quantitative estimate of drug-likeness (QED) is 0.818. The van der Waals surface area contributed by atoms with Crippen LogP contribution in [0.2, 0.25) is 0 Å². The summed E-state index contributed by atoms with van der Waals surface area (Å²) in [5.41, 5.74) is 4.82. The number of carbonyl (C=O) groups is 1. The van der Waals surface area contributed by atoms with Gasteiger partial charge in [0, 0.05) is 12.2 Å². The van der Waals surface area contributed by atoms with Gasteiger partial charge in [0.05, 0.1) is 5.56 Å². The van der Waals surface area contributed by atoms with Crippen molar-refractivity contribution in [3.63, 3.8) is 0 Å². The zero-order chi connectivity index (χ0) is 16.3. The summed E-state index contributed by atoms with van der Waals surface area (Å²) in [4.78, 5) is 13.1. The fraction of sp³-hybridized carbons (Fsp3) is 0.429. The second-order valence-electron chi connectivity index (χ2n) is 5.12. The van der Waals surface area contributed by atoms with Gasteiger partial charge < -0.3 is 16.0 Å². The molecule has 1 atom stereocenters. The van der Waals surface area contributed by atoms with Crippen LogP contribution >= 0.6 is 12.2 Å². The molecule has 3 N–H and O–H groups in total. The molecule has 0 bridgehead atoms. The van der Waals surface area contributed by atoms with E-state index in [1.807, 2.05) is 0 Å². The summed E-state index contributed by atoms with van der Waals surface area (Å²) in [7, 11) is 0. The average Bonchev–Trinajstić information content (AvgIpc) is 2.46. The van der Waals surface area contributed by atoms with E-state index in [2.05, 4.69) is 5.32 Å². The second kappa shape index (κ2) is 6.51. The predicted molar refractivity (Wildman–Crippen MR) is 81.2 cm³/mol. The number of nitrogens with one attached hydrogen (secondary N) is 1. The molecule has 1 aromatic carbocycles. The number of rotatable bonds is 2. The Labute approximate surface area is 131 Å². The number of primary amides is 1. The van der Waals surface area contributed by atoms with E-state index >= 15 is 0 Å². The van der Waals surface area contributed by atoms with Crippen LogP contribution in [0.5, 0.6) is 0 Å². The van der Waals surface area contributed by atoms with Crippen molar-refractivity contribution in [2.45, 2.75) is 31.5 Å². The van der Waals surface area contributed by atoms with Crippen LogP contribution in [0.25, 0.3) is 0 Å². The number of nitrogens with zero attached hydrogens (tertiary/aromatic N) is 1. The number of anilines is 1. The molecule has 0 aromatic heterocycles. The molecular formula is C14H16F3N3OS. The van der Waals surface area contributed by atoms with Crippen LogP contribution in [0.4, 0.5) is 18.9 Å². The first kappa shape index (κ1) is 16.5. The Morgan fingerprint density at radius 1 is 1.36 bits per heavy atom. The highest BCUT2D eigenvalue weighted by atomic mass is 32.1. The molecular weight excluding hydrogens is 315 g/mol. The minimum atomic E-state index is -4.42. The van der Waals surface area contributed by atoms with Gasteiger partial charge in [0.1, 0.15) is 6.04 Å². The number of carbonyl (C=O) groups excluding carboxylic acids is 1. The minimum absolute atomic E-state index is 0.211. The number of thiocarbonyl (C=S) groups is 1. The van der Waals surface area contributed by atoms with E-state index in [4.69, 9.17) is 18.0 Å². The molecule has 22 heavy (non-hydrogen) atoms. The number of amides is 1. The van der Waals surface area contributed by atoms with Crippen LogP contribution in [0, 0.1) is 0 Å². The Kier molecular flexibility index (Phi) is 4.90. The summed E-state index contributed by atoms with van der Waals surface area (Å²) in [6, 6.07) is 4.25. The lowest BCUT2D eigenvalue weighted by Gasteiger charge is -2.35. The van der Waals surface area contributed by atoms with Gasteiger partial charge in [-0.3, -0.25) is 4.79 Å². The number of piperidine rings is 1. The van der Waals surface area contributed by atoms with Crippen molar-refractivity contribution in [3.8, 4) is 0 Å². The van der Waals surface area contributed by atoms with Crippen LogP contribution in [-0.2, 0) is 11.0 Å². The zero-order valence-electron chi connectivity index (χ0n) is 11.7. The first-order valence-corrected chi connectivity index (χ1v) is 7.24. The molecule has 1 heterocycles. The maximum absolute atomic E-state index is 12.7. The number of nitrogens with two attached hydrogens (primary N) is 1. The first-order chi connectivity index (χ1) is 10.3. The summed E-state index contributed by atoms with van der Waals surface area (Å²) in [5, 5.41) is 2.97. The van der Waals surface area contributed by atoms with Crippen molar-refractivity contribution in [3.05, 3.63) is 29.8 Å². The fourth-order valence-corrected chi connectivity index (χ4v) is 2.78. The molecule has 1 aromatic rings. The molecule has 0 saturated carbocycles. The number of hydrogen-bond donors (Lipinski definition) is 2. The summed E-state index contributed by atoms with van der Waals surface area (Å²) in [5.74, 6) is -0.479. The summed E-state index contributed by atoms with van der Waals surface area (Å²) >= 11 is 5.21. The Balaban J connectivity index is 2.12. The second-order valence-corrected chi connectivity index (χ2v) is 5.50. The van der Waals surface area contributed by atoms with Crippen LogP contribution in [0.3, 0.4) is 0 Å². The van der Waals surface area contributed by atoms with E-state index in [0.717, 1.165) is 25.0 Å². The fourth-order valence-electron chi connectivity index (χ4n) is 2.44. The molecule has 0 radical (unpaired) electrons. The number of benzene rings is 1. The Morgan fingerprint density at radius 2 is 2.09 bits per heavy atom. The third-order valence-electron chi connectivity index (χ3n) is 3.53. The van der Waals surface area contributed by atoms with Gasteiger partial charge in [-0.25, -0.2) is 0 Å². The van der Waals surface area contributed by atoms with E-state index < -0.39 is 23.7 Å². The monoisotopic (exact) mass is 331 g/mol. The smallest absolute Gasteiger partial charge is 0.368 e. The maximum Gasteiger partial charge on any atom is 0.416 e. The van der Waals surface area contributed by atoms with Crippen molar-refractivity contribution in [1.82, 2.24) is 4.90 Å². The molecule has 1 aliphatic heterocycles. The van der Waals surface area contributed by atoms with Gasteiger partial charge >= 0.3 is 6.18 Å². The minimum Gasteiger partial charge on any atom is -0.368 e. The van der Waals surface area contributed by atoms with Crippen molar-refractivity contribution in [2.24, 2.45) is 5.73 Å². The maximum atomic E-state index is 12.7. The molecule has 1 aliphatic rings. The lowest BCUT2D eigenvalue weighted by Crippen LogP contribution is -2.51. The molecule has 1 fully saturated rings.